The van der Waals surface area contributed by atoms with Gasteiger partial charge < -0.3 is 13.6 Å². The van der Waals surface area contributed by atoms with Gasteiger partial charge in [0.1, 0.15) is 5.58 Å². The van der Waals surface area contributed by atoms with Crippen molar-refractivity contribution in [1.82, 2.24) is 19.1 Å². The van der Waals surface area contributed by atoms with Crippen LogP contribution in [0.2, 0.25) is 0 Å². The average molecular weight is 653 g/mol. The van der Waals surface area contributed by atoms with E-state index in [0.717, 1.165) is 55.5 Å². The zero-order valence-electron chi connectivity index (χ0n) is 27.4. The molecule has 0 fully saturated rings. The summed E-state index contributed by atoms with van der Waals surface area (Å²) >= 11 is 0. The topological polar surface area (TPSA) is 48.8 Å². The number of benzene rings is 6. The van der Waals surface area contributed by atoms with Crippen LogP contribution in [-0.4, -0.2) is 19.1 Å². The smallest absolute Gasteiger partial charge is 0.227 e. The molecule has 5 nitrogen and oxygen atoms in total. The molecule has 0 amide bonds. The number of fused-ring (bicyclic) bond motifs is 9. The van der Waals surface area contributed by atoms with Gasteiger partial charge in [-0.05, 0) is 77.9 Å². The minimum Gasteiger partial charge on any atom is -0.437 e. The van der Waals surface area contributed by atoms with Crippen molar-refractivity contribution in [1.29, 1.82) is 0 Å². The van der Waals surface area contributed by atoms with E-state index < -0.39 is 0 Å². The zero-order chi connectivity index (χ0) is 33.5. The zero-order valence-corrected chi connectivity index (χ0v) is 27.4. The number of pyridine rings is 2. The van der Waals surface area contributed by atoms with Crippen LogP contribution >= 0.6 is 0 Å². The Morgan fingerprint density at radius 1 is 0.392 bits per heavy atom. The first-order valence-corrected chi connectivity index (χ1v) is 17.1. The maximum atomic E-state index is 6.52. The molecule has 5 aromatic heterocycles. The molecular formula is C46H28N4O. The van der Waals surface area contributed by atoms with Crippen molar-refractivity contribution in [3.05, 3.63) is 170 Å². The van der Waals surface area contributed by atoms with Crippen LogP contribution in [0.25, 0.3) is 99.3 Å². The standard InChI is InChI=1S/C46H28N4O/c1-3-11-32(12-4-1)49-41-17-9-7-15-34(41)36-23-29(19-21-43(36)49)31-25-38-40-28-47-27-39(45(40)51-46(38)48-26-31)30-20-22-44-37(24-30)35-16-8-10-18-42(35)50(44)33-13-5-2-6-14-33/h1-28H. The van der Waals surface area contributed by atoms with Crippen molar-refractivity contribution < 1.29 is 4.42 Å². The van der Waals surface area contributed by atoms with Gasteiger partial charge in [-0.1, -0.05) is 84.9 Å². The van der Waals surface area contributed by atoms with Crippen LogP contribution in [0.4, 0.5) is 0 Å². The van der Waals surface area contributed by atoms with Crippen LogP contribution in [-0.2, 0) is 0 Å². The molecule has 11 aromatic rings. The third-order valence-electron chi connectivity index (χ3n) is 10.3. The van der Waals surface area contributed by atoms with Gasteiger partial charge in [-0.3, -0.25) is 4.98 Å². The molecule has 11 rings (SSSR count). The van der Waals surface area contributed by atoms with E-state index in [9.17, 15) is 0 Å². The number of nitrogens with zero attached hydrogens (tertiary/aromatic N) is 4. The Balaban J connectivity index is 1.06. The Hall–Kier alpha value is -6.98. The molecule has 0 saturated heterocycles. The van der Waals surface area contributed by atoms with Gasteiger partial charge in [0.25, 0.3) is 0 Å². The van der Waals surface area contributed by atoms with Gasteiger partial charge in [0.05, 0.1) is 27.5 Å². The van der Waals surface area contributed by atoms with E-state index in [0.29, 0.717) is 5.71 Å². The third kappa shape index (κ3) is 4.15. The van der Waals surface area contributed by atoms with Crippen molar-refractivity contribution in [2.24, 2.45) is 0 Å². The highest BCUT2D eigenvalue weighted by Gasteiger charge is 2.19. The molecular weight excluding hydrogens is 625 g/mol. The van der Waals surface area contributed by atoms with Crippen LogP contribution in [0, 0.1) is 0 Å². The summed E-state index contributed by atoms with van der Waals surface area (Å²) in [4.78, 5) is 9.57. The highest BCUT2D eigenvalue weighted by Crippen LogP contribution is 2.40. The van der Waals surface area contributed by atoms with Gasteiger partial charge >= 0.3 is 0 Å². The second-order valence-corrected chi connectivity index (χ2v) is 13.1. The maximum absolute atomic E-state index is 6.52. The summed E-state index contributed by atoms with van der Waals surface area (Å²) in [7, 11) is 0. The number of hydrogen-bond acceptors (Lipinski definition) is 3. The summed E-state index contributed by atoms with van der Waals surface area (Å²) in [5, 5.41) is 6.72. The van der Waals surface area contributed by atoms with Gasteiger partial charge in [-0.2, -0.15) is 0 Å². The Kier molecular flexibility index (Phi) is 5.89. The number of furan rings is 1. The van der Waals surface area contributed by atoms with Crippen molar-refractivity contribution in [2.75, 3.05) is 0 Å². The highest BCUT2D eigenvalue weighted by molar-refractivity contribution is 6.14. The van der Waals surface area contributed by atoms with Crippen LogP contribution in [0.1, 0.15) is 0 Å². The van der Waals surface area contributed by atoms with Crippen molar-refractivity contribution in [3.8, 4) is 33.6 Å². The first-order chi connectivity index (χ1) is 25.3. The van der Waals surface area contributed by atoms with E-state index in [4.69, 9.17) is 14.4 Å². The average Bonchev–Trinajstić information content (AvgIpc) is 3.85. The molecule has 0 bridgehead atoms. The minimum absolute atomic E-state index is 0.603. The summed E-state index contributed by atoms with van der Waals surface area (Å²) in [5.41, 5.74) is 12.5. The lowest BCUT2D eigenvalue weighted by Crippen LogP contribution is -1.92. The van der Waals surface area contributed by atoms with E-state index in [-0.39, 0.29) is 0 Å². The summed E-state index contributed by atoms with van der Waals surface area (Å²) in [6.07, 6.45) is 5.71. The van der Waals surface area contributed by atoms with Crippen LogP contribution < -0.4 is 0 Å². The lowest BCUT2D eigenvalue weighted by Gasteiger charge is -2.08. The van der Waals surface area contributed by atoms with Crippen molar-refractivity contribution in [2.45, 2.75) is 0 Å². The molecule has 0 spiro atoms. The van der Waals surface area contributed by atoms with Crippen molar-refractivity contribution in [3.63, 3.8) is 0 Å². The normalized spacial score (nSPS) is 11.9. The van der Waals surface area contributed by atoms with E-state index in [1.54, 1.807) is 0 Å². The molecule has 5 heteroatoms. The van der Waals surface area contributed by atoms with Gasteiger partial charge in [-0.25, -0.2) is 4.98 Å². The molecule has 5 heterocycles. The van der Waals surface area contributed by atoms with Gasteiger partial charge in [0, 0.05) is 68.0 Å². The molecule has 6 aromatic carbocycles. The number of rotatable bonds is 4. The molecule has 0 atom stereocenters. The molecule has 0 unspecified atom stereocenters. The molecule has 238 valence electrons. The largest absolute Gasteiger partial charge is 0.437 e. The summed E-state index contributed by atoms with van der Waals surface area (Å²) in [6, 6.07) is 53.8. The lowest BCUT2D eigenvalue weighted by molar-refractivity contribution is 0.655. The van der Waals surface area contributed by atoms with Gasteiger partial charge in [-0.15, -0.1) is 0 Å². The Bertz CT molecular complexity index is 3130. The fourth-order valence-electron chi connectivity index (χ4n) is 7.94. The lowest BCUT2D eigenvalue weighted by atomic mass is 10.0. The maximum Gasteiger partial charge on any atom is 0.227 e. The molecule has 0 aliphatic heterocycles. The third-order valence-corrected chi connectivity index (χ3v) is 10.3. The van der Waals surface area contributed by atoms with E-state index in [1.807, 2.05) is 18.6 Å². The molecule has 0 aliphatic rings. The van der Waals surface area contributed by atoms with Gasteiger partial charge in [0.2, 0.25) is 5.71 Å². The molecule has 51 heavy (non-hydrogen) atoms. The minimum atomic E-state index is 0.603. The summed E-state index contributed by atoms with van der Waals surface area (Å²) in [5.74, 6) is 0. The number of para-hydroxylation sites is 4. The molecule has 0 aliphatic carbocycles. The monoisotopic (exact) mass is 652 g/mol. The Morgan fingerprint density at radius 3 is 1.57 bits per heavy atom. The van der Waals surface area contributed by atoms with E-state index >= 15 is 0 Å². The van der Waals surface area contributed by atoms with E-state index in [1.165, 1.54) is 38.1 Å². The second kappa shape index (κ2) is 10.8. The van der Waals surface area contributed by atoms with Crippen LogP contribution in [0.15, 0.2) is 175 Å². The predicted molar refractivity (Wildman–Crippen MR) is 209 cm³/mol. The second-order valence-electron chi connectivity index (χ2n) is 13.1. The molecule has 0 radical (unpaired) electrons. The predicted octanol–water partition coefficient (Wildman–Crippen LogP) is 11.9. The fraction of sp³-hybridized carbons (Fsp3) is 0. The highest BCUT2D eigenvalue weighted by atomic mass is 16.3. The van der Waals surface area contributed by atoms with E-state index in [2.05, 4.69) is 161 Å². The fourth-order valence-corrected chi connectivity index (χ4v) is 7.94. The first-order valence-electron chi connectivity index (χ1n) is 17.1. The summed E-state index contributed by atoms with van der Waals surface area (Å²) in [6.45, 7) is 0. The first kappa shape index (κ1) is 27.9. The SMILES string of the molecule is c1ccc(-n2c3ccccc3c3cc(-c4cnc5oc6c(-c7ccc8c(c7)c7ccccc7n8-c7ccccc7)cncc6c5c4)ccc32)cc1. The van der Waals surface area contributed by atoms with Gasteiger partial charge in [0.15, 0.2) is 0 Å². The number of aromatic nitrogens is 4. The van der Waals surface area contributed by atoms with Crippen LogP contribution in [0.3, 0.4) is 0 Å². The molecule has 0 N–H and O–H groups in total. The Labute approximate surface area is 292 Å². The van der Waals surface area contributed by atoms with Crippen LogP contribution in [0.5, 0.6) is 0 Å². The molecule has 0 saturated carbocycles. The summed E-state index contributed by atoms with van der Waals surface area (Å²) < 4.78 is 11.2. The quantitative estimate of drug-likeness (QED) is 0.190. The Morgan fingerprint density at radius 2 is 0.922 bits per heavy atom. The number of hydrogen-bond donors (Lipinski definition) is 0. The van der Waals surface area contributed by atoms with Crippen molar-refractivity contribution >= 4 is 65.7 Å².